The molecule has 4 rings (SSSR count). The zero-order valence-electron chi connectivity index (χ0n) is 18.6. The van der Waals surface area contributed by atoms with Crippen molar-refractivity contribution in [2.24, 2.45) is 5.73 Å². The van der Waals surface area contributed by atoms with E-state index in [0.717, 1.165) is 5.56 Å². The number of esters is 1. The summed E-state index contributed by atoms with van der Waals surface area (Å²) in [5.74, 6) is -1.30. The molecular weight excluding hydrogens is 464 g/mol. The molecule has 0 spiro atoms. The number of benzene rings is 4. The number of ether oxygens (including phenoxy) is 1. The smallest absolute Gasteiger partial charge is 0.343 e. The molecule has 1 amide bonds. The molecule has 4 aromatic carbocycles. The highest BCUT2D eigenvalue weighted by Gasteiger charge is 2.26. The van der Waals surface area contributed by atoms with Gasteiger partial charge in [0.15, 0.2) is 0 Å². The molecule has 35 heavy (non-hydrogen) atoms. The number of amides is 1. The fourth-order valence-corrected chi connectivity index (χ4v) is 4.95. The van der Waals surface area contributed by atoms with Crippen molar-refractivity contribution in [2.45, 2.75) is 11.4 Å². The number of rotatable bonds is 8. The molecule has 0 saturated heterocycles. The molecule has 0 atom stereocenters. The van der Waals surface area contributed by atoms with Gasteiger partial charge in [0, 0.05) is 5.56 Å². The van der Waals surface area contributed by atoms with Crippen LogP contribution in [0, 0.1) is 0 Å². The van der Waals surface area contributed by atoms with E-state index in [2.05, 4.69) is 0 Å². The second kappa shape index (κ2) is 10.2. The molecule has 0 aliphatic carbocycles. The molecule has 2 N–H and O–H groups in total. The zero-order valence-corrected chi connectivity index (χ0v) is 19.4. The Bertz CT molecular complexity index is 1460. The Hall–Kier alpha value is -4.43. The Morgan fingerprint density at radius 2 is 1.37 bits per heavy atom. The summed E-state index contributed by atoms with van der Waals surface area (Å²) in [4.78, 5) is 24.1. The molecule has 0 heterocycles. The van der Waals surface area contributed by atoms with Gasteiger partial charge in [0.25, 0.3) is 10.0 Å². The molecule has 0 fully saturated rings. The molecule has 8 heteroatoms. The van der Waals surface area contributed by atoms with Crippen molar-refractivity contribution in [2.75, 3.05) is 4.31 Å². The van der Waals surface area contributed by atoms with Gasteiger partial charge in [-0.25, -0.2) is 13.2 Å². The molecule has 0 radical (unpaired) electrons. The van der Waals surface area contributed by atoms with Gasteiger partial charge >= 0.3 is 5.97 Å². The van der Waals surface area contributed by atoms with Gasteiger partial charge in [-0.05, 0) is 54.1 Å². The minimum atomic E-state index is -4.03. The van der Waals surface area contributed by atoms with Crippen LogP contribution in [0.5, 0.6) is 5.75 Å². The summed E-state index contributed by atoms with van der Waals surface area (Å²) in [5, 5.41) is 0. The van der Waals surface area contributed by atoms with Crippen LogP contribution in [0.2, 0.25) is 0 Å². The van der Waals surface area contributed by atoms with Crippen LogP contribution in [0.1, 0.15) is 26.3 Å². The second-order valence-corrected chi connectivity index (χ2v) is 9.50. The SMILES string of the molecule is NC(=O)c1cccc(OC(=O)c2cccc(S(=O)(=O)N(Cc3ccccc3)c3ccccc3)c2)c1. The third kappa shape index (κ3) is 5.56. The largest absolute Gasteiger partial charge is 0.423 e. The number of hydrogen-bond acceptors (Lipinski definition) is 5. The van der Waals surface area contributed by atoms with Gasteiger partial charge in [-0.3, -0.25) is 9.10 Å². The van der Waals surface area contributed by atoms with Gasteiger partial charge in [0.1, 0.15) is 5.75 Å². The first-order valence-electron chi connectivity index (χ1n) is 10.7. The molecule has 7 nitrogen and oxygen atoms in total. The fourth-order valence-electron chi connectivity index (χ4n) is 3.45. The van der Waals surface area contributed by atoms with Crippen LogP contribution in [0.3, 0.4) is 0 Å². The van der Waals surface area contributed by atoms with Gasteiger partial charge in [0.2, 0.25) is 5.91 Å². The number of carbonyl (C=O) groups excluding carboxylic acids is 2. The third-order valence-corrected chi connectivity index (χ3v) is 6.97. The van der Waals surface area contributed by atoms with Crippen LogP contribution in [-0.2, 0) is 16.6 Å². The predicted octanol–water partition coefficient (Wildman–Crippen LogP) is 4.40. The number of anilines is 1. The molecule has 0 aliphatic heterocycles. The minimum Gasteiger partial charge on any atom is -0.423 e. The molecule has 176 valence electrons. The fraction of sp³-hybridized carbons (Fsp3) is 0.0370. The van der Waals surface area contributed by atoms with Crippen molar-refractivity contribution in [1.82, 2.24) is 0 Å². The first-order chi connectivity index (χ1) is 16.8. The lowest BCUT2D eigenvalue weighted by molar-refractivity contribution is 0.0733. The summed E-state index contributed by atoms with van der Waals surface area (Å²) in [7, 11) is -4.03. The van der Waals surface area contributed by atoms with E-state index in [1.165, 1.54) is 52.8 Å². The Balaban J connectivity index is 1.66. The number of para-hydroxylation sites is 1. The van der Waals surface area contributed by atoms with Crippen LogP contribution in [0.4, 0.5) is 5.69 Å². The predicted molar refractivity (Wildman–Crippen MR) is 133 cm³/mol. The summed E-state index contributed by atoms with van der Waals surface area (Å²) < 4.78 is 34.1. The van der Waals surface area contributed by atoms with E-state index in [1.807, 2.05) is 30.3 Å². The van der Waals surface area contributed by atoms with Gasteiger partial charge in [-0.1, -0.05) is 60.7 Å². The molecular formula is C27H22N2O5S. The van der Waals surface area contributed by atoms with Crippen molar-refractivity contribution < 1.29 is 22.7 Å². The maximum atomic E-state index is 13.7. The molecule has 0 bridgehead atoms. The Labute approximate surface area is 203 Å². The van der Waals surface area contributed by atoms with E-state index >= 15 is 0 Å². The maximum absolute atomic E-state index is 13.7. The van der Waals surface area contributed by atoms with Gasteiger partial charge < -0.3 is 10.5 Å². The van der Waals surface area contributed by atoms with Gasteiger partial charge in [-0.15, -0.1) is 0 Å². The lowest BCUT2D eigenvalue weighted by Crippen LogP contribution is -2.30. The van der Waals surface area contributed by atoms with Gasteiger partial charge in [0.05, 0.1) is 22.7 Å². The lowest BCUT2D eigenvalue weighted by Gasteiger charge is -2.25. The summed E-state index contributed by atoms with van der Waals surface area (Å²) in [5.41, 5.74) is 6.81. The first kappa shape index (κ1) is 23.7. The number of hydrogen-bond donors (Lipinski definition) is 1. The molecule has 0 saturated carbocycles. The Morgan fingerprint density at radius 3 is 2.06 bits per heavy atom. The number of nitrogens with zero attached hydrogens (tertiary/aromatic N) is 1. The molecule has 0 aromatic heterocycles. The van der Waals surface area contributed by atoms with Crippen LogP contribution in [0.15, 0.2) is 114 Å². The topological polar surface area (TPSA) is 107 Å². The average molecular weight is 487 g/mol. The lowest BCUT2D eigenvalue weighted by atomic mass is 10.2. The van der Waals surface area contributed by atoms with Crippen LogP contribution >= 0.6 is 0 Å². The van der Waals surface area contributed by atoms with E-state index in [1.54, 1.807) is 30.3 Å². The standard InChI is InChI=1S/C27H22N2O5S/c28-26(30)21-11-7-15-24(17-21)34-27(31)22-12-8-16-25(18-22)35(32,33)29(23-13-5-2-6-14-23)19-20-9-3-1-4-10-20/h1-18H,19H2,(H2,28,30). The zero-order chi connectivity index (χ0) is 24.8. The number of sulfonamides is 1. The van der Waals surface area contributed by atoms with Crippen LogP contribution in [-0.4, -0.2) is 20.3 Å². The first-order valence-corrected chi connectivity index (χ1v) is 12.1. The van der Waals surface area contributed by atoms with Crippen molar-refractivity contribution in [3.63, 3.8) is 0 Å². The normalized spacial score (nSPS) is 11.0. The van der Waals surface area contributed by atoms with E-state index in [-0.39, 0.29) is 28.3 Å². The van der Waals surface area contributed by atoms with Crippen molar-refractivity contribution >= 4 is 27.6 Å². The third-order valence-electron chi connectivity index (χ3n) is 5.20. The molecule has 0 aliphatic rings. The van der Waals surface area contributed by atoms with E-state index < -0.39 is 21.9 Å². The van der Waals surface area contributed by atoms with Crippen molar-refractivity contribution in [3.05, 3.63) is 126 Å². The summed E-state index contributed by atoms with van der Waals surface area (Å²) in [6, 6.07) is 29.5. The minimum absolute atomic E-state index is 0.0447. The highest BCUT2D eigenvalue weighted by atomic mass is 32.2. The second-order valence-electron chi connectivity index (χ2n) is 7.64. The Morgan fingerprint density at radius 1 is 0.743 bits per heavy atom. The van der Waals surface area contributed by atoms with E-state index in [9.17, 15) is 18.0 Å². The number of carbonyl (C=O) groups is 2. The van der Waals surface area contributed by atoms with Crippen molar-refractivity contribution in [1.29, 1.82) is 0 Å². The highest BCUT2D eigenvalue weighted by Crippen LogP contribution is 2.27. The summed E-state index contributed by atoms with van der Waals surface area (Å²) in [6.45, 7) is 0.113. The summed E-state index contributed by atoms with van der Waals surface area (Å²) in [6.07, 6.45) is 0. The quantitative estimate of drug-likeness (QED) is 0.293. The molecule has 4 aromatic rings. The highest BCUT2D eigenvalue weighted by molar-refractivity contribution is 7.92. The van der Waals surface area contributed by atoms with E-state index in [0.29, 0.717) is 5.69 Å². The van der Waals surface area contributed by atoms with Crippen LogP contribution < -0.4 is 14.8 Å². The Kier molecular flexibility index (Phi) is 6.93. The number of primary amides is 1. The van der Waals surface area contributed by atoms with Crippen LogP contribution in [0.25, 0.3) is 0 Å². The van der Waals surface area contributed by atoms with Crippen molar-refractivity contribution in [3.8, 4) is 5.75 Å². The molecule has 0 unspecified atom stereocenters. The van der Waals surface area contributed by atoms with Gasteiger partial charge in [-0.2, -0.15) is 0 Å². The average Bonchev–Trinajstić information content (AvgIpc) is 2.88. The number of nitrogens with two attached hydrogens (primary N) is 1. The monoisotopic (exact) mass is 486 g/mol. The summed E-state index contributed by atoms with van der Waals surface area (Å²) >= 11 is 0. The van der Waals surface area contributed by atoms with E-state index in [4.69, 9.17) is 10.5 Å². The maximum Gasteiger partial charge on any atom is 0.343 e.